The van der Waals surface area contributed by atoms with Crippen LogP contribution in [0.3, 0.4) is 0 Å². The van der Waals surface area contributed by atoms with Crippen molar-refractivity contribution in [3.8, 4) is 5.69 Å². The summed E-state index contributed by atoms with van der Waals surface area (Å²) in [6, 6.07) is 16.8. The highest BCUT2D eigenvalue weighted by Gasteiger charge is 2.06. The molecular weight excluding hydrogens is 238 g/mol. The van der Waals surface area contributed by atoms with Gasteiger partial charge in [0, 0.05) is 11.6 Å². The van der Waals surface area contributed by atoms with Crippen molar-refractivity contribution < 1.29 is 4.79 Å². The molecule has 1 heterocycles. The fourth-order valence-corrected chi connectivity index (χ4v) is 2.21. The van der Waals surface area contributed by atoms with Crippen molar-refractivity contribution in [1.82, 2.24) is 4.57 Å². The van der Waals surface area contributed by atoms with E-state index in [-0.39, 0.29) is 11.1 Å². The molecule has 0 atom stereocenters. The van der Waals surface area contributed by atoms with Gasteiger partial charge in [0.1, 0.15) is 0 Å². The molecule has 3 heteroatoms. The molecule has 2 aromatic carbocycles. The second kappa shape index (κ2) is 4.53. The largest absolute Gasteiger partial charge is 0.298 e. The Balaban J connectivity index is 2.37. The van der Waals surface area contributed by atoms with E-state index >= 15 is 0 Å². The van der Waals surface area contributed by atoms with Gasteiger partial charge in [0.15, 0.2) is 6.29 Å². The van der Waals surface area contributed by atoms with Crippen molar-refractivity contribution in [2.45, 2.75) is 0 Å². The normalized spacial score (nSPS) is 10.5. The van der Waals surface area contributed by atoms with Crippen LogP contribution in [-0.4, -0.2) is 10.9 Å². The lowest BCUT2D eigenvalue weighted by molar-refractivity contribution is 0.112. The molecule has 0 saturated carbocycles. The standard InChI is InChI=1S/C16H11NO2/c18-11-13-7-4-10-17(16(13)19)15-9-3-6-12-5-1-2-8-14(12)15/h1-11H. The summed E-state index contributed by atoms with van der Waals surface area (Å²) >= 11 is 0. The molecular formula is C16H11NO2. The van der Waals surface area contributed by atoms with Gasteiger partial charge in [0.25, 0.3) is 5.56 Å². The highest BCUT2D eigenvalue weighted by atomic mass is 16.1. The maximum Gasteiger partial charge on any atom is 0.265 e. The molecule has 0 aliphatic rings. The van der Waals surface area contributed by atoms with E-state index in [2.05, 4.69) is 0 Å². The van der Waals surface area contributed by atoms with E-state index in [9.17, 15) is 9.59 Å². The molecule has 3 aromatic rings. The number of carbonyl (C=O) groups excluding carboxylic acids is 1. The Hall–Kier alpha value is -2.68. The fourth-order valence-electron chi connectivity index (χ4n) is 2.21. The molecule has 0 fully saturated rings. The quantitative estimate of drug-likeness (QED) is 0.655. The molecule has 3 nitrogen and oxygen atoms in total. The van der Waals surface area contributed by atoms with Gasteiger partial charge < -0.3 is 0 Å². The second-order valence-corrected chi connectivity index (χ2v) is 4.25. The molecule has 3 rings (SSSR count). The van der Waals surface area contributed by atoms with Gasteiger partial charge in [-0.2, -0.15) is 0 Å². The molecule has 1 aromatic heterocycles. The van der Waals surface area contributed by atoms with Gasteiger partial charge in [0.05, 0.1) is 11.3 Å². The first kappa shape index (κ1) is 11.4. The molecule has 0 radical (unpaired) electrons. The number of nitrogens with zero attached hydrogens (tertiary/aromatic N) is 1. The summed E-state index contributed by atoms with van der Waals surface area (Å²) in [5, 5.41) is 2.04. The number of rotatable bonds is 2. The zero-order valence-electron chi connectivity index (χ0n) is 10.1. The van der Waals surface area contributed by atoms with E-state index in [0.29, 0.717) is 6.29 Å². The SMILES string of the molecule is O=Cc1cccn(-c2cccc3ccccc23)c1=O. The maximum absolute atomic E-state index is 12.2. The predicted octanol–water partition coefficient (Wildman–Crippen LogP) is 2.80. The highest BCUT2D eigenvalue weighted by molar-refractivity contribution is 5.90. The van der Waals surface area contributed by atoms with Gasteiger partial charge in [-0.1, -0.05) is 36.4 Å². The highest BCUT2D eigenvalue weighted by Crippen LogP contribution is 2.20. The molecule has 0 saturated heterocycles. The Labute approximate surface area is 109 Å². The molecule has 0 aliphatic heterocycles. The third-order valence-electron chi connectivity index (χ3n) is 3.13. The predicted molar refractivity (Wildman–Crippen MR) is 74.9 cm³/mol. The monoisotopic (exact) mass is 249 g/mol. The second-order valence-electron chi connectivity index (χ2n) is 4.25. The number of aldehydes is 1. The van der Waals surface area contributed by atoms with Crippen LogP contribution in [0.2, 0.25) is 0 Å². The average Bonchev–Trinajstić information content (AvgIpc) is 2.47. The zero-order valence-corrected chi connectivity index (χ0v) is 10.1. The lowest BCUT2D eigenvalue weighted by Crippen LogP contribution is -2.21. The van der Waals surface area contributed by atoms with Crippen molar-refractivity contribution >= 4 is 17.1 Å². The van der Waals surface area contributed by atoms with Gasteiger partial charge in [-0.25, -0.2) is 0 Å². The molecule has 92 valence electrons. The minimum atomic E-state index is -0.297. The lowest BCUT2D eigenvalue weighted by Gasteiger charge is -2.09. The number of pyridine rings is 1. The van der Waals surface area contributed by atoms with Crippen LogP contribution in [0.5, 0.6) is 0 Å². The number of fused-ring (bicyclic) bond motifs is 1. The van der Waals surface area contributed by atoms with E-state index in [1.54, 1.807) is 12.3 Å². The van der Waals surface area contributed by atoms with Crippen molar-refractivity contribution in [3.63, 3.8) is 0 Å². The average molecular weight is 249 g/mol. The summed E-state index contributed by atoms with van der Waals surface area (Å²) in [5.41, 5.74) is 0.649. The smallest absolute Gasteiger partial charge is 0.265 e. The first-order valence-electron chi connectivity index (χ1n) is 5.96. The van der Waals surface area contributed by atoms with Crippen LogP contribution in [0.1, 0.15) is 10.4 Å². The van der Waals surface area contributed by atoms with E-state index < -0.39 is 0 Å². The molecule has 0 amide bonds. The van der Waals surface area contributed by atoms with Crippen molar-refractivity contribution in [1.29, 1.82) is 0 Å². The molecule has 19 heavy (non-hydrogen) atoms. The third kappa shape index (κ3) is 1.85. The Morgan fingerprint density at radius 1 is 0.895 bits per heavy atom. The Kier molecular flexibility index (Phi) is 2.72. The minimum absolute atomic E-state index is 0.162. The van der Waals surface area contributed by atoms with Gasteiger partial charge >= 0.3 is 0 Å². The molecule has 0 bridgehead atoms. The van der Waals surface area contributed by atoms with Crippen molar-refractivity contribution in [3.05, 3.63) is 76.7 Å². The Morgan fingerprint density at radius 2 is 1.68 bits per heavy atom. The molecule has 0 unspecified atom stereocenters. The maximum atomic E-state index is 12.2. The zero-order chi connectivity index (χ0) is 13.2. The van der Waals surface area contributed by atoms with Crippen LogP contribution >= 0.6 is 0 Å². The summed E-state index contributed by atoms with van der Waals surface area (Å²) in [4.78, 5) is 23.0. The number of carbonyl (C=O) groups is 1. The third-order valence-corrected chi connectivity index (χ3v) is 3.13. The van der Waals surface area contributed by atoms with E-state index in [4.69, 9.17) is 0 Å². The van der Waals surface area contributed by atoms with Gasteiger partial charge in [0.2, 0.25) is 0 Å². The summed E-state index contributed by atoms with van der Waals surface area (Å²) in [5.74, 6) is 0. The number of benzene rings is 2. The lowest BCUT2D eigenvalue weighted by atomic mass is 10.1. The Bertz CT molecular complexity index is 813. The van der Waals surface area contributed by atoms with Crippen molar-refractivity contribution in [2.75, 3.05) is 0 Å². The van der Waals surface area contributed by atoms with Crippen LogP contribution in [0.4, 0.5) is 0 Å². The van der Waals surface area contributed by atoms with Crippen LogP contribution < -0.4 is 5.56 Å². The molecule has 0 N–H and O–H groups in total. The summed E-state index contributed by atoms with van der Waals surface area (Å²) in [6.45, 7) is 0. The van der Waals surface area contributed by atoms with Gasteiger partial charge in [-0.05, 0) is 23.6 Å². The van der Waals surface area contributed by atoms with Crippen LogP contribution in [-0.2, 0) is 0 Å². The topological polar surface area (TPSA) is 39.1 Å². The van der Waals surface area contributed by atoms with Crippen LogP contribution in [0, 0.1) is 0 Å². The summed E-state index contributed by atoms with van der Waals surface area (Å²) < 4.78 is 1.51. The van der Waals surface area contributed by atoms with Gasteiger partial charge in [-0.15, -0.1) is 0 Å². The molecule has 0 spiro atoms. The van der Waals surface area contributed by atoms with Crippen molar-refractivity contribution in [2.24, 2.45) is 0 Å². The fraction of sp³-hybridized carbons (Fsp3) is 0. The number of hydrogen-bond donors (Lipinski definition) is 0. The van der Waals surface area contributed by atoms with Crippen LogP contribution in [0.25, 0.3) is 16.5 Å². The minimum Gasteiger partial charge on any atom is -0.298 e. The first-order valence-corrected chi connectivity index (χ1v) is 5.96. The Morgan fingerprint density at radius 3 is 2.53 bits per heavy atom. The van der Waals surface area contributed by atoms with E-state index in [0.717, 1.165) is 16.5 Å². The van der Waals surface area contributed by atoms with Crippen LogP contribution in [0.15, 0.2) is 65.6 Å². The number of hydrogen-bond acceptors (Lipinski definition) is 2. The van der Waals surface area contributed by atoms with Gasteiger partial charge in [-0.3, -0.25) is 14.2 Å². The molecule has 0 aliphatic carbocycles. The van der Waals surface area contributed by atoms with E-state index in [1.807, 2.05) is 42.5 Å². The summed E-state index contributed by atoms with van der Waals surface area (Å²) in [7, 11) is 0. The number of aromatic nitrogens is 1. The first-order chi connectivity index (χ1) is 9.31. The summed E-state index contributed by atoms with van der Waals surface area (Å²) in [6.07, 6.45) is 2.26. The van der Waals surface area contributed by atoms with E-state index in [1.165, 1.54) is 10.6 Å².